The topological polar surface area (TPSA) is 35.6 Å². The molecule has 0 bridgehead atoms. The SMILES string of the molecule is CCCN1CCN(C(=O)Nc2ccc(C)c(C)c2)CC1. The number of amides is 2. The average molecular weight is 275 g/mol. The van der Waals surface area contributed by atoms with E-state index in [1.165, 1.54) is 17.5 Å². The van der Waals surface area contributed by atoms with Gasteiger partial charge in [-0.2, -0.15) is 0 Å². The number of piperazine rings is 1. The molecule has 1 aliphatic rings. The first-order chi connectivity index (χ1) is 9.60. The lowest BCUT2D eigenvalue weighted by Crippen LogP contribution is -2.50. The van der Waals surface area contributed by atoms with Gasteiger partial charge < -0.3 is 10.2 Å². The molecule has 0 saturated carbocycles. The number of carbonyl (C=O) groups is 1. The van der Waals surface area contributed by atoms with Crippen LogP contribution in [0.3, 0.4) is 0 Å². The average Bonchev–Trinajstić information content (AvgIpc) is 2.44. The van der Waals surface area contributed by atoms with Crippen LogP contribution in [-0.4, -0.2) is 48.6 Å². The molecule has 1 saturated heterocycles. The molecule has 4 nitrogen and oxygen atoms in total. The standard InChI is InChI=1S/C16H25N3O/c1-4-7-18-8-10-19(11-9-18)16(20)17-15-6-5-13(2)14(3)12-15/h5-6,12H,4,7-11H2,1-3H3,(H,17,20). The molecule has 110 valence electrons. The summed E-state index contributed by atoms with van der Waals surface area (Å²) in [6.45, 7) is 11.1. The Bertz CT molecular complexity index is 465. The van der Waals surface area contributed by atoms with Crippen LogP contribution in [-0.2, 0) is 0 Å². The highest BCUT2D eigenvalue weighted by molar-refractivity contribution is 5.89. The lowest BCUT2D eigenvalue weighted by Gasteiger charge is -2.34. The van der Waals surface area contributed by atoms with Crippen LogP contribution < -0.4 is 5.32 Å². The number of carbonyl (C=O) groups excluding carboxylic acids is 1. The highest BCUT2D eigenvalue weighted by Gasteiger charge is 2.20. The van der Waals surface area contributed by atoms with Gasteiger partial charge in [0.15, 0.2) is 0 Å². The van der Waals surface area contributed by atoms with Gasteiger partial charge in [0.2, 0.25) is 0 Å². The van der Waals surface area contributed by atoms with Gasteiger partial charge in [-0.25, -0.2) is 4.79 Å². The predicted octanol–water partition coefficient (Wildman–Crippen LogP) is 2.86. The van der Waals surface area contributed by atoms with Gasteiger partial charge >= 0.3 is 6.03 Å². The maximum Gasteiger partial charge on any atom is 0.321 e. The minimum absolute atomic E-state index is 0.0180. The van der Waals surface area contributed by atoms with Crippen LogP contribution in [0.15, 0.2) is 18.2 Å². The number of benzene rings is 1. The predicted molar refractivity (Wildman–Crippen MR) is 83.2 cm³/mol. The minimum atomic E-state index is 0.0180. The molecule has 1 heterocycles. The van der Waals surface area contributed by atoms with Gasteiger partial charge in [-0.1, -0.05) is 13.0 Å². The molecule has 0 radical (unpaired) electrons. The van der Waals surface area contributed by atoms with E-state index in [0.717, 1.165) is 38.4 Å². The third kappa shape index (κ3) is 3.73. The Kier molecular flexibility index (Phi) is 5.01. The van der Waals surface area contributed by atoms with E-state index in [4.69, 9.17) is 0 Å². The zero-order valence-electron chi connectivity index (χ0n) is 12.8. The normalized spacial score (nSPS) is 16.2. The summed E-state index contributed by atoms with van der Waals surface area (Å²) in [5, 5.41) is 2.99. The summed E-state index contributed by atoms with van der Waals surface area (Å²) in [6.07, 6.45) is 1.18. The molecular weight excluding hydrogens is 250 g/mol. The van der Waals surface area contributed by atoms with Crippen LogP contribution in [0.1, 0.15) is 24.5 Å². The highest BCUT2D eigenvalue weighted by atomic mass is 16.2. The first-order valence-electron chi connectivity index (χ1n) is 7.45. The maximum absolute atomic E-state index is 12.2. The van der Waals surface area contributed by atoms with Crippen molar-refractivity contribution in [2.45, 2.75) is 27.2 Å². The van der Waals surface area contributed by atoms with Gasteiger partial charge in [0.05, 0.1) is 0 Å². The van der Waals surface area contributed by atoms with E-state index in [1.807, 2.05) is 23.1 Å². The zero-order valence-corrected chi connectivity index (χ0v) is 12.8. The Hall–Kier alpha value is -1.55. The number of aryl methyl sites for hydroxylation is 2. The smallest absolute Gasteiger partial charge is 0.321 e. The van der Waals surface area contributed by atoms with Crippen molar-refractivity contribution in [3.63, 3.8) is 0 Å². The fraction of sp³-hybridized carbons (Fsp3) is 0.562. The Morgan fingerprint density at radius 3 is 2.45 bits per heavy atom. The molecule has 0 spiro atoms. The quantitative estimate of drug-likeness (QED) is 0.920. The number of urea groups is 1. The Balaban J connectivity index is 1.88. The fourth-order valence-electron chi connectivity index (χ4n) is 2.51. The third-order valence-electron chi connectivity index (χ3n) is 3.96. The molecule has 1 aliphatic heterocycles. The van der Waals surface area contributed by atoms with Gasteiger partial charge in [-0.15, -0.1) is 0 Å². The first kappa shape index (κ1) is 14.9. The molecule has 2 rings (SSSR count). The molecule has 4 heteroatoms. The Morgan fingerprint density at radius 2 is 1.85 bits per heavy atom. The van der Waals surface area contributed by atoms with Crippen molar-refractivity contribution in [2.24, 2.45) is 0 Å². The second kappa shape index (κ2) is 6.75. The van der Waals surface area contributed by atoms with Gasteiger partial charge in [0.25, 0.3) is 0 Å². The fourth-order valence-corrected chi connectivity index (χ4v) is 2.51. The van der Waals surface area contributed by atoms with Gasteiger partial charge in [0, 0.05) is 31.9 Å². The number of nitrogens with zero attached hydrogens (tertiary/aromatic N) is 2. The molecule has 0 atom stereocenters. The molecule has 1 fully saturated rings. The summed E-state index contributed by atoms with van der Waals surface area (Å²) in [5.74, 6) is 0. The van der Waals surface area contributed by atoms with Crippen LogP contribution in [0.25, 0.3) is 0 Å². The molecule has 2 amide bonds. The van der Waals surface area contributed by atoms with E-state index in [0.29, 0.717) is 0 Å². The van der Waals surface area contributed by atoms with Crippen molar-refractivity contribution in [1.29, 1.82) is 0 Å². The highest BCUT2D eigenvalue weighted by Crippen LogP contribution is 2.15. The second-order valence-corrected chi connectivity index (χ2v) is 5.56. The lowest BCUT2D eigenvalue weighted by atomic mass is 10.1. The van der Waals surface area contributed by atoms with Crippen molar-refractivity contribution in [2.75, 3.05) is 38.0 Å². The minimum Gasteiger partial charge on any atom is -0.322 e. The largest absolute Gasteiger partial charge is 0.322 e. The van der Waals surface area contributed by atoms with Gasteiger partial charge in [-0.05, 0) is 50.1 Å². The third-order valence-corrected chi connectivity index (χ3v) is 3.96. The maximum atomic E-state index is 12.2. The van der Waals surface area contributed by atoms with Crippen LogP contribution in [0.4, 0.5) is 10.5 Å². The van der Waals surface area contributed by atoms with Crippen LogP contribution >= 0.6 is 0 Å². The molecule has 20 heavy (non-hydrogen) atoms. The molecule has 1 aromatic rings. The van der Waals surface area contributed by atoms with E-state index in [9.17, 15) is 4.79 Å². The summed E-state index contributed by atoms with van der Waals surface area (Å²) in [6, 6.07) is 6.06. The number of anilines is 1. The zero-order chi connectivity index (χ0) is 14.5. The van der Waals surface area contributed by atoms with Crippen LogP contribution in [0.5, 0.6) is 0 Å². The Morgan fingerprint density at radius 1 is 1.15 bits per heavy atom. The van der Waals surface area contributed by atoms with E-state index < -0.39 is 0 Å². The summed E-state index contributed by atoms with van der Waals surface area (Å²) in [5.41, 5.74) is 3.33. The van der Waals surface area contributed by atoms with Crippen molar-refractivity contribution < 1.29 is 4.79 Å². The first-order valence-corrected chi connectivity index (χ1v) is 7.45. The monoisotopic (exact) mass is 275 g/mol. The van der Waals surface area contributed by atoms with Gasteiger partial charge in [-0.3, -0.25) is 4.90 Å². The van der Waals surface area contributed by atoms with Crippen molar-refractivity contribution >= 4 is 11.7 Å². The van der Waals surface area contributed by atoms with E-state index in [-0.39, 0.29) is 6.03 Å². The van der Waals surface area contributed by atoms with Crippen molar-refractivity contribution in [3.8, 4) is 0 Å². The molecule has 1 aromatic carbocycles. The van der Waals surface area contributed by atoms with Crippen molar-refractivity contribution in [3.05, 3.63) is 29.3 Å². The Labute approximate surface area is 121 Å². The summed E-state index contributed by atoms with van der Waals surface area (Å²) in [7, 11) is 0. The van der Waals surface area contributed by atoms with E-state index >= 15 is 0 Å². The van der Waals surface area contributed by atoms with E-state index in [2.05, 4.69) is 31.0 Å². The molecule has 0 unspecified atom stereocenters. The van der Waals surface area contributed by atoms with Crippen LogP contribution in [0, 0.1) is 13.8 Å². The van der Waals surface area contributed by atoms with Crippen LogP contribution in [0.2, 0.25) is 0 Å². The number of nitrogens with one attached hydrogen (secondary N) is 1. The van der Waals surface area contributed by atoms with Crippen molar-refractivity contribution in [1.82, 2.24) is 9.80 Å². The number of hydrogen-bond acceptors (Lipinski definition) is 2. The summed E-state index contributed by atoms with van der Waals surface area (Å²) in [4.78, 5) is 16.5. The molecule has 0 aromatic heterocycles. The molecular formula is C16H25N3O. The second-order valence-electron chi connectivity index (χ2n) is 5.56. The summed E-state index contributed by atoms with van der Waals surface area (Å²) >= 11 is 0. The lowest BCUT2D eigenvalue weighted by molar-refractivity contribution is 0.147. The molecule has 1 N–H and O–H groups in total. The molecule has 0 aliphatic carbocycles. The van der Waals surface area contributed by atoms with Gasteiger partial charge in [0.1, 0.15) is 0 Å². The van der Waals surface area contributed by atoms with E-state index in [1.54, 1.807) is 0 Å². The number of hydrogen-bond donors (Lipinski definition) is 1. The number of rotatable bonds is 3. The summed E-state index contributed by atoms with van der Waals surface area (Å²) < 4.78 is 0.